The predicted molar refractivity (Wildman–Crippen MR) is 104 cm³/mol. The van der Waals surface area contributed by atoms with E-state index >= 15 is 0 Å². The summed E-state index contributed by atoms with van der Waals surface area (Å²) in [5.74, 6) is -0.122. The number of rotatable bonds is 4. The second-order valence-corrected chi connectivity index (χ2v) is 7.46. The van der Waals surface area contributed by atoms with Crippen LogP contribution < -0.4 is 21.3 Å². The van der Waals surface area contributed by atoms with Gasteiger partial charge in [-0.15, -0.1) is 0 Å². The van der Waals surface area contributed by atoms with Crippen LogP contribution in [0.3, 0.4) is 0 Å². The average Bonchev–Trinajstić information content (AvgIpc) is 2.59. The number of nitrogens with zero attached hydrogens (tertiary/aromatic N) is 2. The Kier molecular flexibility index (Phi) is 6.35. The first-order valence-corrected chi connectivity index (χ1v) is 8.95. The van der Waals surface area contributed by atoms with Gasteiger partial charge in [0.25, 0.3) is 0 Å². The minimum absolute atomic E-state index is 0.0826. The van der Waals surface area contributed by atoms with Crippen molar-refractivity contribution in [2.75, 3.05) is 43.2 Å². The van der Waals surface area contributed by atoms with E-state index in [2.05, 4.69) is 15.6 Å². The van der Waals surface area contributed by atoms with E-state index in [0.29, 0.717) is 23.7 Å². The Bertz CT molecular complexity index is 702. The number of anilines is 3. The number of hydrogen-bond acceptors (Lipinski definition) is 8. The maximum absolute atomic E-state index is 12.1. The van der Waals surface area contributed by atoms with Crippen LogP contribution in [0.2, 0.25) is 0 Å². The highest BCUT2D eigenvalue weighted by molar-refractivity contribution is 5.92. The molecule has 0 aromatic carbocycles. The number of ether oxygens (including phenoxy) is 2. The molecule has 1 atom stereocenters. The Hall–Kier alpha value is -2.71. The molecular formula is C18H29N5O4. The normalized spacial score (nSPS) is 17.2. The molecule has 1 unspecified atom stereocenters. The highest BCUT2D eigenvalue weighted by atomic mass is 16.6. The number of hydrogen-bond donors (Lipinski definition) is 3. The molecular weight excluding hydrogens is 350 g/mol. The first kappa shape index (κ1) is 20.6. The molecule has 2 heterocycles. The highest BCUT2D eigenvalue weighted by Gasteiger charge is 2.27. The minimum Gasteiger partial charge on any atom is -0.464 e. The minimum atomic E-state index is -0.551. The summed E-state index contributed by atoms with van der Waals surface area (Å²) in [5.41, 5.74) is 6.99. The van der Waals surface area contributed by atoms with Gasteiger partial charge in [0.15, 0.2) is 11.5 Å². The predicted octanol–water partition coefficient (Wildman–Crippen LogP) is 1.99. The Morgan fingerprint density at radius 3 is 2.67 bits per heavy atom. The van der Waals surface area contributed by atoms with Crippen molar-refractivity contribution in [1.29, 1.82) is 0 Å². The summed E-state index contributed by atoms with van der Waals surface area (Å²) in [5, 5.41) is 5.81. The third kappa shape index (κ3) is 5.38. The van der Waals surface area contributed by atoms with Gasteiger partial charge in [-0.3, -0.25) is 0 Å². The number of piperidine rings is 1. The van der Waals surface area contributed by atoms with Crippen molar-refractivity contribution in [2.24, 2.45) is 0 Å². The first-order chi connectivity index (χ1) is 12.6. The van der Waals surface area contributed by atoms with Gasteiger partial charge in [-0.1, -0.05) is 0 Å². The molecule has 1 aliphatic heterocycles. The topological polar surface area (TPSA) is 119 Å². The molecule has 9 nitrogen and oxygen atoms in total. The number of amides is 1. The van der Waals surface area contributed by atoms with E-state index in [0.717, 1.165) is 19.4 Å². The molecule has 150 valence electrons. The molecule has 0 radical (unpaired) electrons. The molecule has 9 heteroatoms. The second kappa shape index (κ2) is 8.32. The number of esters is 1. The zero-order chi connectivity index (χ0) is 20.2. The zero-order valence-electron chi connectivity index (χ0n) is 16.6. The smallest absolute Gasteiger partial charge is 0.407 e. The molecule has 1 aromatic heterocycles. The Labute approximate surface area is 159 Å². The summed E-state index contributed by atoms with van der Waals surface area (Å²) < 4.78 is 10.1. The molecule has 1 aromatic rings. The van der Waals surface area contributed by atoms with E-state index in [9.17, 15) is 9.59 Å². The van der Waals surface area contributed by atoms with Gasteiger partial charge in [0.1, 0.15) is 5.60 Å². The molecule has 1 fully saturated rings. The Balaban J connectivity index is 2.19. The van der Waals surface area contributed by atoms with E-state index in [1.54, 1.807) is 13.1 Å². The lowest BCUT2D eigenvalue weighted by molar-refractivity contribution is 0.0499. The number of carbonyl (C=O) groups is 2. The summed E-state index contributed by atoms with van der Waals surface area (Å²) in [7, 11) is 2.99. The van der Waals surface area contributed by atoms with Crippen LogP contribution >= 0.6 is 0 Å². The number of aromatic nitrogens is 1. The molecule has 4 N–H and O–H groups in total. The number of carbonyl (C=O) groups excluding carboxylic acids is 2. The third-order valence-electron chi connectivity index (χ3n) is 4.15. The van der Waals surface area contributed by atoms with Crippen LogP contribution in [-0.2, 0) is 9.47 Å². The molecule has 0 aliphatic carbocycles. The van der Waals surface area contributed by atoms with Crippen molar-refractivity contribution in [1.82, 2.24) is 10.3 Å². The van der Waals surface area contributed by atoms with Crippen LogP contribution in [0.4, 0.5) is 22.0 Å². The second-order valence-electron chi connectivity index (χ2n) is 7.46. The molecule has 0 saturated carbocycles. The number of alkyl carbamates (subject to hydrolysis) is 1. The van der Waals surface area contributed by atoms with Crippen molar-refractivity contribution >= 4 is 29.3 Å². The van der Waals surface area contributed by atoms with Crippen LogP contribution in [0.25, 0.3) is 0 Å². The fraction of sp³-hybridized carbons (Fsp3) is 0.611. The van der Waals surface area contributed by atoms with Crippen molar-refractivity contribution < 1.29 is 19.1 Å². The lowest BCUT2D eigenvalue weighted by atomic mass is 10.0. The van der Waals surface area contributed by atoms with E-state index in [-0.39, 0.29) is 11.7 Å². The Morgan fingerprint density at radius 1 is 1.37 bits per heavy atom. The van der Waals surface area contributed by atoms with Crippen LogP contribution in [0.15, 0.2) is 6.07 Å². The van der Waals surface area contributed by atoms with E-state index in [1.165, 1.54) is 7.11 Å². The standard InChI is InChI=1S/C18H29N5O4/c1-18(2,3)27-17(25)21-11-7-6-8-23(10-11)13-9-12(16(24)26-5)22-15(20-4)14(13)19/h9,11H,6-8,10,19H2,1-5H3,(H,20,22)(H,21,25). The van der Waals surface area contributed by atoms with Gasteiger partial charge in [0, 0.05) is 26.2 Å². The molecule has 0 spiro atoms. The highest BCUT2D eigenvalue weighted by Crippen LogP contribution is 2.32. The third-order valence-corrected chi connectivity index (χ3v) is 4.15. The molecule has 1 amide bonds. The fourth-order valence-electron chi connectivity index (χ4n) is 2.99. The SMILES string of the molecule is CNc1nc(C(=O)OC)cc(N2CCCC(NC(=O)OC(C)(C)C)C2)c1N. The summed E-state index contributed by atoms with van der Waals surface area (Å²) in [4.78, 5) is 30.2. The van der Waals surface area contributed by atoms with Crippen molar-refractivity contribution in [3.8, 4) is 0 Å². The number of pyridine rings is 1. The van der Waals surface area contributed by atoms with Crippen LogP contribution in [0.1, 0.15) is 44.1 Å². The van der Waals surface area contributed by atoms with E-state index < -0.39 is 17.7 Å². The summed E-state index contributed by atoms with van der Waals surface area (Å²) in [6, 6.07) is 1.54. The summed E-state index contributed by atoms with van der Waals surface area (Å²) in [6.45, 7) is 6.78. The Morgan fingerprint density at radius 2 is 2.07 bits per heavy atom. The van der Waals surface area contributed by atoms with Gasteiger partial charge in [-0.2, -0.15) is 0 Å². The number of nitrogens with two attached hydrogens (primary N) is 1. The molecule has 1 saturated heterocycles. The number of nitrogens with one attached hydrogen (secondary N) is 2. The van der Waals surface area contributed by atoms with Crippen molar-refractivity contribution in [3.05, 3.63) is 11.8 Å². The maximum atomic E-state index is 12.1. The lowest BCUT2D eigenvalue weighted by Crippen LogP contribution is -2.49. The first-order valence-electron chi connectivity index (χ1n) is 8.95. The number of nitrogen functional groups attached to an aromatic ring is 1. The van der Waals surface area contributed by atoms with Crippen LogP contribution in [0, 0.1) is 0 Å². The lowest BCUT2D eigenvalue weighted by Gasteiger charge is -2.36. The summed E-state index contributed by atoms with van der Waals surface area (Å²) in [6.07, 6.45) is 1.26. The average molecular weight is 379 g/mol. The van der Waals surface area contributed by atoms with Gasteiger partial charge in [0.2, 0.25) is 0 Å². The van der Waals surface area contributed by atoms with E-state index in [4.69, 9.17) is 15.2 Å². The maximum Gasteiger partial charge on any atom is 0.407 e. The fourth-order valence-corrected chi connectivity index (χ4v) is 2.99. The molecule has 2 rings (SSSR count). The van der Waals surface area contributed by atoms with Gasteiger partial charge in [-0.25, -0.2) is 14.6 Å². The van der Waals surface area contributed by atoms with Crippen LogP contribution in [-0.4, -0.2) is 55.9 Å². The van der Waals surface area contributed by atoms with Gasteiger partial charge < -0.3 is 30.7 Å². The quantitative estimate of drug-likeness (QED) is 0.680. The monoisotopic (exact) mass is 379 g/mol. The van der Waals surface area contributed by atoms with E-state index in [1.807, 2.05) is 25.7 Å². The molecule has 0 bridgehead atoms. The van der Waals surface area contributed by atoms with Gasteiger partial charge in [0.05, 0.1) is 18.5 Å². The van der Waals surface area contributed by atoms with Crippen molar-refractivity contribution in [3.63, 3.8) is 0 Å². The number of methoxy groups -OCH3 is 1. The molecule has 1 aliphatic rings. The van der Waals surface area contributed by atoms with Crippen LogP contribution in [0.5, 0.6) is 0 Å². The zero-order valence-corrected chi connectivity index (χ0v) is 16.6. The largest absolute Gasteiger partial charge is 0.464 e. The molecule has 27 heavy (non-hydrogen) atoms. The summed E-state index contributed by atoms with van der Waals surface area (Å²) >= 11 is 0. The van der Waals surface area contributed by atoms with Gasteiger partial charge in [-0.05, 0) is 39.7 Å². The van der Waals surface area contributed by atoms with Gasteiger partial charge >= 0.3 is 12.1 Å². The van der Waals surface area contributed by atoms with Crippen molar-refractivity contribution in [2.45, 2.75) is 45.3 Å².